The van der Waals surface area contributed by atoms with Gasteiger partial charge in [-0.15, -0.1) is 0 Å². The number of rotatable bonds is 7. The zero-order valence-corrected chi connectivity index (χ0v) is 21.7. The van der Waals surface area contributed by atoms with E-state index in [0.29, 0.717) is 26.5 Å². The first-order valence-corrected chi connectivity index (χ1v) is 13.5. The lowest BCUT2D eigenvalue weighted by atomic mass is 10.1. The van der Waals surface area contributed by atoms with Crippen LogP contribution >= 0.6 is 23.2 Å². The molecule has 1 aliphatic rings. The number of pyridine rings is 1. The molecule has 4 rings (SSSR count). The van der Waals surface area contributed by atoms with Crippen molar-refractivity contribution in [2.75, 3.05) is 30.0 Å². The minimum absolute atomic E-state index is 0.0675. The number of hydrogen-bond acceptors (Lipinski definition) is 6. The van der Waals surface area contributed by atoms with Crippen molar-refractivity contribution in [2.45, 2.75) is 23.8 Å². The number of amides is 2. The Morgan fingerprint density at radius 2 is 1.69 bits per heavy atom. The van der Waals surface area contributed by atoms with Crippen LogP contribution in [0.25, 0.3) is 0 Å². The molecule has 1 aromatic heterocycles. The summed E-state index contributed by atoms with van der Waals surface area (Å²) in [5, 5.41) is 9.49. The maximum atomic E-state index is 13.3. The largest absolute Gasteiger partial charge is 0.489 e. The number of hydrogen-bond donors (Lipinski definition) is 3. The van der Waals surface area contributed by atoms with E-state index < -0.39 is 22.6 Å². The Balaban J connectivity index is 1.60. The number of nitrogens with one attached hydrogen (secondary N) is 3. The van der Waals surface area contributed by atoms with E-state index in [-0.39, 0.29) is 22.9 Å². The van der Waals surface area contributed by atoms with Crippen LogP contribution < -0.4 is 20.7 Å². The molecule has 0 bridgehead atoms. The molecular formula is C25H24Cl2N4O4S. The maximum Gasteiger partial charge on any atom is 0.259 e. The van der Waals surface area contributed by atoms with Gasteiger partial charge in [0.2, 0.25) is 0 Å². The van der Waals surface area contributed by atoms with E-state index in [0.717, 1.165) is 25.9 Å². The van der Waals surface area contributed by atoms with Crippen LogP contribution in [-0.2, 0) is 10.8 Å². The van der Waals surface area contributed by atoms with E-state index in [4.69, 9.17) is 27.9 Å². The fraction of sp³-hybridized carbons (Fsp3) is 0.240. The molecule has 188 valence electrons. The Labute approximate surface area is 221 Å². The fourth-order valence-electron chi connectivity index (χ4n) is 3.70. The van der Waals surface area contributed by atoms with E-state index in [1.807, 2.05) is 0 Å². The molecule has 8 nitrogen and oxygen atoms in total. The highest BCUT2D eigenvalue weighted by atomic mass is 35.5. The van der Waals surface area contributed by atoms with Crippen LogP contribution in [0.15, 0.2) is 59.6 Å². The smallest absolute Gasteiger partial charge is 0.259 e. The summed E-state index contributed by atoms with van der Waals surface area (Å²) in [6.07, 6.45) is 4.50. The average molecular weight is 547 g/mol. The zero-order chi connectivity index (χ0) is 25.7. The van der Waals surface area contributed by atoms with Crippen molar-refractivity contribution in [3.05, 3.63) is 75.9 Å². The standard InChI is InChI=1S/C25H24Cl2N4O4S/c1-36(34)18-4-5-19(22(13-18)35-17-8-10-28-11-9-17)24(32)30-21-6-2-15(26)12-20(21)25(33)31-23-7-3-16(27)14-29-23/h2-7,12-14,17,28H,8-11H2,1H3,(H,30,32)(H,29,31,33). The number of carbonyl (C=O) groups excluding carboxylic acids is 2. The van der Waals surface area contributed by atoms with Crippen LogP contribution in [0.4, 0.5) is 11.5 Å². The molecule has 11 heteroatoms. The molecule has 3 N–H and O–H groups in total. The molecule has 2 heterocycles. The van der Waals surface area contributed by atoms with Crippen LogP contribution in [0.1, 0.15) is 33.6 Å². The molecular weight excluding hydrogens is 523 g/mol. The summed E-state index contributed by atoms with van der Waals surface area (Å²) >= 11 is 12.0. The molecule has 0 radical (unpaired) electrons. The topological polar surface area (TPSA) is 109 Å². The van der Waals surface area contributed by atoms with Crippen molar-refractivity contribution in [1.29, 1.82) is 0 Å². The molecule has 0 spiro atoms. The van der Waals surface area contributed by atoms with E-state index >= 15 is 0 Å². The lowest BCUT2D eigenvalue weighted by Gasteiger charge is -2.25. The SMILES string of the molecule is CS(=O)c1ccc(C(=O)Nc2ccc(Cl)cc2C(=O)Nc2ccc(Cl)cn2)c(OC2CCNCC2)c1. The first kappa shape index (κ1) is 26.1. The highest BCUT2D eigenvalue weighted by Crippen LogP contribution is 2.28. The van der Waals surface area contributed by atoms with Gasteiger partial charge in [0.15, 0.2) is 0 Å². The van der Waals surface area contributed by atoms with Gasteiger partial charge in [0, 0.05) is 33.2 Å². The Bertz CT molecular complexity index is 1300. The summed E-state index contributed by atoms with van der Waals surface area (Å²) in [7, 11) is -1.24. The molecule has 0 aliphatic carbocycles. The third-order valence-corrected chi connectivity index (χ3v) is 6.93. The van der Waals surface area contributed by atoms with Crippen molar-refractivity contribution in [2.24, 2.45) is 0 Å². The first-order valence-electron chi connectivity index (χ1n) is 11.2. The van der Waals surface area contributed by atoms with Crippen LogP contribution in [0.5, 0.6) is 5.75 Å². The van der Waals surface area contributed by atoms with E-state index in [1.54, 1.807) is 48.7 Å². The van der Waals surface area contributed by atoms with Gasteiger partial charge in [-0.1, -0.05) is 23.2 Å². The van der Waals surface area contributed by atoms with Crippen molar-refractivity contribution >= 4 is 57.3 Å². The summed E-state index contributed by atoms with van der Waals surface area (Å²) < 4.78 is 18.2. The van der Waals surface area contributed by atoms with Gasteiger partial charge in [0.25, 0.3) is 11.8 Å². The van der Waals surface area contributed by atoms with Gasteiger partial charge >= 0.3 is 0 Å². The number of anilines is 2. The van der Waals surface area contributed by atoms with E-state index in [1.165, 1.54) is 12.3 Å². The predicted molar refractivity (Wildman–Crippen MR) is 142 cm³/mol. The van der Waals surface area contributed by atoms with Gasteiger partial charge in [-0.25, -0.2) is 4.98 Å². The Morgan fingerprint density at radius 1 is 0.972 bits per heavy atom. The molecule has 1 atom stereocenters. The molecule has 1 fully saturated rings. The third-order valence-electron chi connectivity index (χ3n) is 5.55. The molecule has 0 saturated carbocycles. The van der Waals surface area contributed by atoms with Crippen LogP contribution in [0, 0.1) is 0 Å². The summed E-state index contributed by atoms with van der Waals surface area (Å²) in [4.78, 5) is 30.9. The average Bonchev–Trinajstić information content (AvgIpc) is 2.87. The van der Waals surface area contributed by atoms with Crippen molar-refractivity contribution in [3.8, 4) is 5.75 Å². The summed E-state index contributed by atoms with van der Waals surface area (Å²) in [6, 6.07) is 12.6. The number of carbonyl (C=O) groups is 2. The van der Waals surface area contributed by atoms with Crippen molar-refractivity contribution < 1.29 is 18.5 Å². The Kier molecular flexibility index (Phi) is 8.58. The number of halogens is 2. The van der Waals surface area contributed by atoms with Crippen molar-refractivity contribution in [3.63, 3.8) is 0 Å². The number of benzene rings is 2. The molecule has 3 aromatic rings. The zero-order valence-electron chi connectivity index (χ0n) is 19.3. The van der Waals surface area contributed by atoms with Crippen LogP contribution in [-0.4, -0.2) is 46.5 Å². The van der Waals surface area contributed by atoms with Gasteiger partial charge in [-0.3, -0.25) is 13.8 Å². The predicted octanol–water partition coefficient (Wildman–Crippen LogP) is 4.76. The molecule has 36 heavy (non-hydrogen) atoms. The summed E-state index contributed by atoms with van der Waals surface area (Å²) in [5.74, 6) is -0.348. The monoisotopic (exact) mass is 546 g/mol. The van der Waals surface area contributed by atoms with Gasteiger partial charge in [-0.05, 0) is 74.5 Å². The highest BCUT2D eigenvalue weighted by Gasteiger charge is 2.22. The minimum atomic E-state index is -1.24. The normalized spacial score (nSPS) is 14.6. The maximum absolute atomic E-state index is 13.3. The summed E-state index contributed by atoms with van der Waals surface area (Å²) in [6.45, 7) is 1.63. The van der Waals surface area contributed by atoms with Gasteiger partial charge < -0.3 is 20.7 Å². The summed E-state index contributed by atoms with van der Waals surface area (Å²) in [5.41, 5.74) is 0.676. The molecule has 1 unspecified atom stereocenters. The first-order chi connectivity index (χ1) is 17.3. The highest BCUT2D eigenvalue weighted by molar-refractivity contribution is 7.84. The fourth-order valence-corrected chi connectivity index (χ4v) is 4.51. The quantitative estimate of drug-likeness (QED) is 0.394. The van der Waals surface area contributed by atoms with Gasteiger partial charge in [0.1, 0.15) is 17.7 Å². The minimum Gasteiger partial charge on any atom is -0.489 e. The number of aromatic nitrogens is 1. The second-order valence-electron chi connectivity index (χ2n) is 8.14. The van der Waals surface area contributed by atoms with E-state index in [9.17, 15) is 13.8 Å². The molecule has 2 aromatic carbocycles. The van der Waals surface area contributed by atoms with Crippen LogP contribution in [0.3, 0.4) is 0 Å². The molecule has 1 saturated heterocycles. The number of piperidine rings is 1. The van der Waals surface area contributed by atoms with Gasteiger partial charge in [-0.2, -0.15) is 0 Å². The van der Waals surface area contributed by atoms with Crippen LogP contribution in [0.2, 0.25) is 10.0 Å². The lowest BCUT2D eigenvalue weighted by Crippen LogP contribution is -2.34. The number of ether oxygens (including phenoxy) is 1. The molecule has 2 amide bonds. The van der Waals surface area contributed by atoms with Crippen molar-refractivity contribution in [1.82, 2.24) is 10.3 Å². The Hall–Kier alpha value is -2.98. The Morgan fingerprint density at radius 3 is 2.39 bits per heavy atom. The van der Waals surface area contributed by atoms with E-state index in [2.05, 4.69) is 20.9 Å². The number of nitrogens with zero attached hydrogens (tertiary/aromatic N) is 1. The third kappa shape index (κ3) is 6.61. The molecule has 1 aliphatic heterocycles. The lowest BCUT2D eigenvalue weighted by molar-refractivity contribution is 0.101. The second kappa shape index (κ2) is 11.8. The second-order valence-corrected chi connectivity index (χ2v) is 10.4. The van der Waals surface area contributed by atoms with Gasteiger partial charge in [0.05, 0.1) is 21.8 Å².